The molecule has 0 N–H and O–H groups in total. The number of hydrogen-bond acceptors (Lipinski definition) is 3. The first-order chi connectivity index (χ1) is 14.3. The van der Waals surface area contributed by atoms with Crippen LogP contribution in [-0.4, -0.2) is 14.2 Å². The van der Waals surface area contributed by atoms with Crippen molar-refractivity contribution in [1.82, 2.24) is 0 Å². The maximum absolute atomic E-state index is 6.30. The molecule has 3 nitrogen and oxygen atoms in total. The molecule has 0 heterocycles. The normalized spacial score (nSPS) is 10.4. The maximum Gasteiger partial charge on any atom is 0.170 e. The van der Waals surface area contributed by atoms with E-state index in [-0.39, 0.29) is 0 Å². The van der Waals surface area contributed by atoms with Gasteiger partial charge in [-0.1, -0.05) is 84.9 Å². The van der Waals surface area contributed by atoms with E-state index in [0.717, 1.165) is 22.3 Å². The van der Waals surface area contributed by atoms with Gasteiger partial charge in [-0.15, -0.1) is 0 Å². The van der Waals surface area contributed by atoms with Crippen molar-refractivity contribution in [3.8, 4) is 45.3 Å². The molecule has 3 heteroatoms. The molecule has 144 valence electrons. The first-order valence-corrected chi connectivity index (χ1v) is 9.44. The highest BCUT2D eigenvalue weighted by Crippen LogP contribution is 2.44. The average molecular weight is 382 g/mol. The molecule has 29 heavy (non-hydrogen) atoms. The molecule has 0 amide bonds. The molecule has 0 aliphatic rings. The molecule has 4 aromatic carbocycles. The van der Waals surface area contributed by atoms with Crippen molar-refractivity contribution in [2.24, 2.45) is 0 Å². The lowest BCUT2D eigenvalue weighted by molar-refractivity contribution is 0.358. The second-order valence-electron chi connectivity index (χ2n) is 6.51. The molecule has 0 aliphatic heterocycles. The standard InChI is InChI=1S/C26H22O3/c1-27-25-21(19-11-5-3-6-12-19)15-9-17-23(25)29-24-18-10-16-22(26(24)28-2)20-13-7-4-8-14-20/h3-18H,1-2H3. The fourth-order valence-corrected chi connectivity index (χ4v) is 3.42. The van der Waals surface area contributed by atoms with Crippen LogP contribution >= 0.6 is 0 Å². The number of methoxy groups -OCH3 is 2. The number of benzene rings is 4. The van der Waals surface area contributed by atoms with Crippen LogP contribution in [0.2, 0.25) is 0 Å². The summed E-state index contributed by atoms with van der Waals surface area (Å²) in [5, 5.41) is 0. The first-order valence-electron chi connectivity index (χ1n) is 9.44. The van der Waals surface area contributed by atoms with E-state index in [0.29, 0.717) is 23.0 Å². The topological polar surface area (TPSA) is 27.7 Å². The molecule has 0 atom stereocenters. The number of ether oxygens (including phenoxy) is 3. The van der Waals surface area contributed by atoms with E-state index in [1.807, 2.05) is 72.8 Å². The monoisotopic (exact) mass is 382 g/mol. The van der Waals surface area contributed by atoms with Gasteiger partial charge in [-0.25, -0.2) is 0 Å². The first kappa shape index (κ1) is 18.6. The highest BCUT2D eigenvalue weighted by Gasteiger charge is 2.17. The Bertz CT molecular complexity index is 1000. The van der Waals surface area contributed by atoms with Gasteiger partial charge in [-0.05, 0) is 23.3 Å². The lowest BCUT2D eigenvalue weighted by Crippen LogP contribution is -1.96. The predicted molar refractivity (Wildman–Crippen MR) is 117 cm³/mol. The highest BCUT2D eigenvalue weighted by atomic mass is 16.5. The molecule has 0 unspecified atom stereocenters. The Kier molecular flexibility index (Phi) is 5.48. The van der Waals surface area contributed by atoms with Gasteiger partial charge >= 0.3 is 0 Å². The minimum absolute atomic E-state index is 0.636. The molecule has 0 saturated heterocycles. The summed E-state index contributed by atoms with van der Waals surface area (Å²) in [6.07, 6.45) is 0. The quantitative estimate of drug-likeness (QED) is 0.366. The summed E-state index contributed by atoms with van der Waals surface area (Å²) in [6, 6.07) is 32.0. The molecule has 0 aliphatic carbocycles. The average Bonchev–Trinajstić information content (AvgIpc) is 2.80. The van der Waals surface area contributed by atoms with Gasteiger partial charge in [0.25, 0.3) is 0 Å². The van der Waals surface area contributed by atoms with E-state index in [9.17, 15) is 0 Å². The summed E-state index contributed by atoms with van der Waals surface area (Å²) < 4.78 is 17.7. The van der Waals surface area contributed by atoms with Gasteiger partial charge in [-0.3, -0.25) is 0 Å². The van der Waals surface area contributed by atoms with Crippen LogP contribution in [0.5, 0.6) is 23.0 Å². The lowest BCUT2D eigenvalue weighted by Gasteiger charge is -2.17. The SMILES string of the molecule is COc1c(Oc2cccc(-c3ccccc3)c2OC)cccc1-c1ccccc1. The molecule has 0 spiro atoms. The van der Waals surface area contributed by atoms with Crippen molar-refractivity contribution in [1.29, 1.82) is 0 Å². The molecule has 0 aromatic heterocycles. The molecule has 0 radical (unpaired) electrons. The van der Waals surface area contributed by atoms with E-state index in [1.165, 1.54) is 0 Å². The molecule has 4 rings (SSSR count). The van der Waals surface area contributed by atoms with Crippen molar-refractivity contribution in [2.75, 3.05) is 14.2 Å². The van der Waals surface area contributed by atoms with Gasteiger partial charge in [0.1, 0.15) is 0 Å². The van der Waals surface area contributed by atoms with E-state index in [2.05, 4.69) is 24.3 Å². The summed E-state index contributed by atoms with van der Waals surface area (Å²) in [5.41, 5.74) is 4.09. The second kappa shape index (κ2) is 8.53. The summed E-state index contributed by atoms with van der Waals surface area (Å²) in [5.74, 6) is 2.64. The van der Waals surface area contributed by atoms with E-state index in [4.69, 9.17) is 14.2 Å². The van der Waals surface area contributed by atoms with E-state index in [1.54, 1.807) is 14.2 Å². The fraction of sp³-hybridized carbons (Fsp3) is 0.0769. The van der Waals surface area contributed by atoms with Crippen LogP contribution in [-0.2, 0) is 0 Å². The smallest absolute Gasteiger partial charge is 0.170 e. The largest absolute Gasteiger partial charge is 0.492 e. The van der Waals surface area contributed by atoms with Crippen molar-refractivity contribution in [2.45, 2.75) is 0 Å². The lowest BCUT2D eigenvalue weighted by atomic mass is 10.0. The van der Waals surface area contributed by atoms with Crippen molar-refractivity contribution >= 4 is 0 Å². The summed E-state index contributed by atoms with van der Waals surface area (Å²) in [6.45, 7) is 0. The molecule has 0 saturated carbocycles. The highest BCUT2D eigenvalue weighted by molar-refractivity contribution is 5.76. The van der Waals surface area contributed by atoms with Gasteiger partial charge in [0, 0.05) is 11.1 Å². The summed E-state index contributed by atoms with van der Waals surface area (Å²) in [7, 11) is 3.32. The van der Waals surface area contributed by atoms with Crippen LogP contribution < -0.4 is 14.2 Å². The van der Waals surface area contributed by atoms with Gasteiger partial charge in [0.15, 0.2) is 23.0 Å². The van der Waals surface area contributed by atoms with Crippen molar-refractivity contribution < 1.29 is 14.2 Å². The summed E-state index contributed by atoms with van der Waals surface area (Å²) in [4.78, 5) is 0. The van der Waals surface area contributed by atoms with Crippen LogP contribution in [0, 0.1) is 0 Å². The molecule has 4 aromatic rings. The third-order valence-electron chi connectivity index (χ3n) is 4.76. The van der Waals surface area contributed by atoms with Crippen LogP contribution in [0.15, 0.2) is 97.1 Å². The predicted octanol–water partition coefficient (Wildman–Crippen LogP) is 6.83. The van der Waals surface area contributed by atoms with Gasteiger partial charge in [0.2, 0.25) is 0 Å². The van der Waals surface area contributed by atoms with Gasteiger partial charge < -0.3 is 14.2 Å². The zero-order chi connectivity index (χ0) is 20.1. The fourth-order valence-electron chi connectivity index (χ4n) is 3.42. The van der Waals surface area contributed by atoms with E-state index < -0.39 is 0 Å². The molecule has 0 fully saturated rings. The zero-order valence-corrected chi connectivity index (χ0v) is 16.5. The van der Waals surface area contributed by atoms with Crippen LogP contribution in [0.25, 0.3) is 22.3 Å². The number of rotatable bonds is 6. The van der Waals surface area contributed by atoms with Crippen molar-refractivity contribution in [3.63, 3.8) is 0 Å². The third kappa shape index (κ3) is 3.81. The van der Waals surface area contributed by atoms with Gasteiger partial charge in [-0.2, -0.15) is 0 Å². The van der Waals surface area contributed by atoms with Crippen LogP contribution in [0.1, 0.15) is 0 Å². The zero-order valence-electron chi connectivity index (χ0n) is 16.5. The Balaban J connectivity index is 1.77. The van der Waals surface area contributed by atoms with Crippen molar-refractivity contribution in [3.05, 3.63) is 97.1 Å². The number of hydrogen-bond donors (Lipinski definition) is 0. The Morgan fingerprint density at radius 1 is 0.448 bits per heavy atom. The Hall–Kier alpha value is -3.72. The minimum Gasteiger partial charge on any atom is -0.492 e. The molecular weight excluding hydrogens is 360 g/mol. The maximum atomic E-state index is 6.30. The Morgan fingerprint density at radius 3 is 1.24 bits per heavy atom. The van der Waals surface area contributed by atoms with Gasteiger partial charge in [0.05, 0.1) is 14.2 Å². The third-order valence-corrected chi connectivity index (χ3v) is 4.76. The summed E-state index contributed by atoms with van der Waals surface area (Å²) >= 11 is 0. The Labute approximate surface area is 171 Å². The molecule has 0 bridgehead atoms. The minimum atomic E-state index is 0.636. The number of para-hydroxylation sites is 2. The van der Waals surface area contributed by atoms with E-state index >= 15 is 0 Å². The second-order valence-corrected chi connectivity index (χ2v) is 6.51. The Morgan fingerprint density at radius 2 is 0.862 bits per heavy atom. The van der Waals surface area contributed by atoms with Crippen LogP contribution in [0.3, 0.4) is 0 Å². The van der Waals surface area contributed by atoms with Crippen LogP contribution in [0.4, 0.5) is 0 Å². The molecular formula is C26H22O3.